The van der Waals surface area contributed by atoms with Gasteiger partial charge in [0.2, 0.25) is 5.91 Å². The van der Waals surface area contributed by atoms with Gasteiger partial charge in [0.15, 0.2) is 0 Å². The Kier molecular flexibility index (Phi) is 3.68. The summed E-state index contributed by atoms with van der Waals surface area (Å²) in [5.74, 6) is -0.150. The third-order valence-corrected chi connectivity index (χ3v) is 4.05. The van der Waals surface area contributed by atoms with Crippen LogP contribution in [0.25, 0.3) is 0 Å². The van der Waals surface area contributed by atoms with Crippen LogP contribution in [0.3, 0.4) is 0 Å². The molecule has 6 nitrogen and oxygen atoms in total. The molecule has 1 aromatic rings. The van der Waals surface area contributed by atoms with Gasteiger partial charge in [-0.1, -0.05) is 12.1 Å². The van der Waals surface area contributed by atoms with Gasteiger partial charge in [-0.2, -0.15) is 0 Å². The molecule has 0 aromatic heterocycles. The molecule has 3 rings (SSSR count). The lowest BCUT2D eigenvalue weighted by molar-refractivity contribution is -0.122. The van der Waals surface area contributed by atoms with Gasteiger partial charge in [-0.25, -0.2) is 4.79 Å². The van der Waals surface area contributed by atoms with Crippen molar-refractivity contribution in [2.45, 2.75) is 25.4 Å². The Bertz CT molecular complexity index is 573. The van der Waals surface area contributed by atoms with Gasteiger partial charge in [-0.05, 0) is 30.0 Å². The van der Waals surface area contributed by atoms with E-state index in [1.165, 1.54) is 17.7 Å². The number of aryl methyl sites for hydroxylation is 1. The third kappa shape index (κ3) is 2.94. The Labute approximate surface area is 123 Å². The number of urea groups is 1. The van der Waals surface area contributed by atoms with Gasteiger partial charge >= 0.3 is 6.03 Å². The van der Waals surface area contributed by atoms with Crippen LogP contribution in [0.15, 0.2) is 18.2 Å². The van der Waals surface area contributed by atoms with Crippen LogP contribution in [0.5, 0.6) is 0 Å². The fourth-order valence-electron chi connectivity index (χ4n) is 2.87. The minimum Gasteiger partial charge on any atom is -0.374 e. The highest BCUT2D eigenvalue weighted by atomic mass is 16.2. The number of amides is 3. The van der Waals surface area contributed by atoms with Crippen LogP contribution < -0.4 is 20.9 Å². The quantitative estimate of drug-likeness (QED) is 0.752. The first-order valence-corrected chi connectivity index (χ1v) is 7.28. The molecule has 21 heavy (non-hydrogen) atoms. The molecule has 0 saturated carbocycles. The van der Waals surface area contributed by atoms with Crippen LogP contribution in [0.4, 0.5) is 10.5 Å². The predicted octanol–water partition coefficient (Wildman–Crippen LogP) is 0.367. The largest absolute Gasteiger partial charge is 0.374 e. The topological polar surface area (TPSA) is 73.5 Å². The van der Waals surface area contributed by atoms with E-state index < -0.39 is 6.04 Å². The lowest BCUT2D eigenvalue weighted by Crippen LogP contribution is -2.42. The molecule has 0 spiro atoms. The molecule has 0 bridgehead atoms. The van der Waals surface area contributed by atoms with Gasteiger partial charge < -0.3 is 20.9 Å². The van der Waals surface area contributed by atoms with Crippen molar-refractivity contribution < 1.29 is 9.59 Å². The number of carbonyl (C=O) groups excluding carboxylic acids is 2. The highest BCUT2D eigenvalue weighted by Gasteiger charge is 2.26. The number of hydrogen-bond donors (Lipinski definition) is 3. The Morgan fingerprint density at radius 3 is 3.10 bits per heavy atom. The van der Waals surface area contributed by atoms with E-state index in [1.54, 1.807) is 0 Å². The number of hydrogen-bond acceptors (Lipinski definition) is 3. The molecule has 0 unspecified atom stereocenters. The SMILES string of the molecule is CN1CCCc2cc(CNC(=O)[C@H]3CNC(=O)N3)ccc21. The van der Waals surface area contributed by atoms with Crippen LogP contribution in [-0.4, -0.2) is 38.1 Å². The summed E-state index contributed by atoms with van der Waals surface area (Å²) in [5, 5.41) is 8.03. The molecule has 1 aromatic carbocycles. The van der Waals surface area contributed by atoms with E-state index in [9.17, 15) is 9.59 Å². The maximum absolute atomic E-state index is 11.9. The first-order valence-electron chi connectivity index (χ1n) is 7.28. The van der Waals surface area contributed by atoms with E-state index >= 15 is 0 Å². The number of nitrogens with one attached hydrogen (secondary N) is 3. The van der Waals surface area contributed by atoms with Crippen LogP contribution in [-0.2, 0) is 17.8 Å². The number of benzene rings is 1. The molecule has 1 fully saturated rings. The zero-order valence-electron chi connectivity index (χ0n) is 12.1. The average Bonchev–Trinajstić information content (AvgIpc) is 2.91. The van der Waals surface area contributed by atoms with E-state index in [2.05, 4.69) is 40.0 Å². The van der Waals surface area contributed by atoms with Crippen LogP contribution in [0.1, 0.15) is 17.5 Å². The molecule has 0 aliphatic carbocycles. The van der Waals surface area contributed by atoms with Crippen molar-refractivity contribution >= 4 is 17.6 Å². The van der Waals surface area contributed by atoms with Crippen LogP contribution in [0.2, 0.25) is 0 Å². The van der Waals surface area contributed by atoms with Crippen molar-refractivity contribution in [3.05, 3.63) is 29.3 Å². The zero-order valence-corrected chi connectivity index (χ0v) is 12.1. The first kappa shape index (κ1) is 13.7. The maximum atomic E-state index is 11.9. The van der Waals surface area contributed by atoms with Crippen LogP contribution in [0, 0.1) is 0 Å². The predicted molar refractivity (Wildman–Crippen MR) is 80.2 cm³/mol. The van der Waals surface area contributed by atoms with Crippen molar-refractivity contribution in [3.8, 4) is 0 Å². The van der Waals surface area contributed by atoms with Gasteiger partial charge in [0.1, 0.15) is 6.04 Å². The second-order valence-corrected chi connectivity index (χ2v) is 5.61. The molecule has 3 amide bonds. The Hall–Kier alpha value is -2.24. The molecule has 1 saturated heterocycles. The summed E-state index contributed by atoms with van der Waals surface area (Å²) >= 11 is 0. The minimum absolute atomic E-state index is 0.150. The summed E-state index contributed by atoms with van der Waals surface area (Å²) in [6.45, 7) is 1.93. The molecule has 6 heteroatoms. The fourth-order valence-corrected chi connectivity index (χ4v) is 2.87. The molecule has 2 aliphatic rings. The van der Waals surface area contributed by atoms with Crippen LogP contribution >= 0.6 is 0 Å². The van der Waals surface area contributed by atoms with Crippen molar-refractivity contribution in [2.75, 3.05) is 25.0 Å². The summed E-state index contributed by atoms with van der Waals surface area (Å²) < 4.78 is 0. The van der Waals surface area contributed by atoms with Gasteiger partial charge in [0.05, 0.1) is 0 Å². The smallest absolute Gasteiger partial charge is 0.315 e. The van der Waals surface area contributed by atoms with Gasteiger partial charge in [-0.15, -0.1) is 0 Å². The highest BCUT2D eigenvalue weighted by Crippen LogP contribution is 2.26. The van der Waals surface area contributed by atoms with Crippen molar-refractivity contribution in [3.63, 3.8) is 0 Å². The van der Waals surface area contributed by atoms with Gasteiger partial charge in [-0.3, -0.25) is 4.79 Å². The standard InChI is InChI=1S/C15H20N4O2/c1-19-6-2-3-11-7-10(4-5-13(11)19)8-16-14(20)12-9-17-15(21)18-12/h4-5,7,12H,2-3,6,8-9H2,1H3,(H,16,20)(H2,17,18,21)/t12-/m1/s1. The number of anilines is 1. The zero-order chi connectivity index (χ0) is 14.8. The fraction of sp³-hybridized carbons (Fsp3) is 0.467. The summed E-state index contributed by atoms with van der Waals surface area (Å²) in [7, 11) is 2.11. The molecule has 0 radical (unpaired) electrons. The van der Waals surface area contributed by atoms with Gasteiger partial charge in [0, 0.05) is 32.4 Å². The maximum Gasteiger partial charge on any atom is 0.315 e. The second-order valence-electron chi connectivity index (χ2n) is 5.61. The molecular weight excluding hydrogens is 268 g/mol. The summed E-state index contributed by atoms with van der Waals surface area (Å²) in [6.07, 6.45) is 2.25. The van der Waals surface area contributed by atoms with Crippen molar-refractivity contribution in [1.82, 2.24) is 16.0 Å². The van der Waals surface area contributed by atoms with E-state index in [0.717, 1.165) is 18.5 Å². The minimum atomic E-state index is -0.471. The number of rotatable bonds is 3. The monoisotopic (exact) mass is 288 g/mol. The third-order valence-electron chi connectivity index (χ3n) is 4.05. The van der Waals surface area contributed by atoms with E-state index in [4.69, 9.17) is 0 Å². The number of carbonyl (C=O) groups is 2. The first-order chi connectivity index (χ1) is 10.1. The molecule has 112 valence electrons. The van der Waals surface area contributed by atoms with E-state index in [1.807, 2.05) is 6.07 Å². The van der Waals surface area contributed by atoms with E-state index in [-0.39, 0.29) is 11.9 Å². The van der Waals surface area contributed by atoms with Crippen molar-refractivity contribution in [1.29, 1.82) is 0 Å². The Balaban J connectivity index is 1.61. The Morgan fingerprint density at radius 2 is 2.33 bits per heavy atom. The lowest BCUT2D eigenvalue weighted by Gasteiger charge is -2.27. The lowest BCUT2D eigenvalue weighted by atomic mass is 9.99. The van der Waals surface area contributed by atoms with E-state index in [0.29, 0.717) is 13.1 Å². The average molecular weight is 288 g/mol. The number of nitrogens with zero attached hydrogens (tertiary/aromatic N) is 1. The number of fused-ring (bicyclic) bond motifs is 1. The molecular formula is C15H20N4O2. The molecule has 2 aliphatic heterocycles. The molecule has 2 heterocycles. The summed E-state index contributed by atoms with van der Waals surface area (Å²) in [4.78, 5) is 25.2. The highest BCUT2D eigenvalue weighted by molar-refractivity contribution is 5.90. The van der Waals surface area contributed by atoms with Gasteiger partial charge in [0.25, 0.3) is 0 Å². The van der Waals surface area contributed by atoms with Crippen molar-refractivity contribution in [2.24, 2.45) is 0 Å². The summed E-state index contributed by atoms with van der Waals surface area (Å²) in [6, 6.07) is 5.58. The second kappa shape index (κ2) is 5.63. The summed E-state index contributed by atoms with van der Waals surface area (Å²) in [5.41, 5.74) is 3.71. The molecule has 3 N–H and O–H groups in total. The normalized spacial score (nSPS) is 20.5. The molecule has 1 atom stereocenters. The Morgan fingerprint density at radius 1 is 1.48 bits per heavy atom.